The van der Waals surface area contributed by atoms with Crippen LogP contribution in [0.2, 0.25) is 0 Å². The maximum Gasteiger partial charge on any atom is 0.261 e. The standard InChI is InChI=1S/C16H26N2O2/c1-11(2)8-14(10-17)18-16(19)13(4)20-15-7-5-6-12(3)9-15/h5-7,9,11,13-14H,8,10,17H2,1-4H3,(H,18,19). The van der Waals surface area contributed by atoms with Crippen LogP contribution in [0.4, 0.5) is 0 Å². The second kappa shape index (κ2) is 7.90. The highest BCUT2D eigenvalue weighted by Gasteiger charge is 2.19. The molecule has 1 amide bonds. The third kappa shape index (κ3) is 5.61. The molecule has 0 fully saturated rings. The predicted molar refractivity (Wildman–Crippen MR) is 81.7 cm³/mol. The second-order valence-corrected chi connectivity index (χ2v) is 5.65. The van der Waals surface area contributed by atoms with Gasteiger partial charge in [-0.2, -0.15) is 0 Å². The molecule has 1 aromatic carbocycles. The molecule has 0 aliphatic rings. The summed E-state index contributed by atoms with van der Waals surface area (Å²) in [5.41, 5.74) is 6.79. The summed E-state index contributed by atoms with van der Waals surface area (Å²) in [5, 5.41) is 2.94. The maximum atomic E-state index is 12.1. The molecule has 3 N–H and O–H groups in total. The molecule has 4 heteroatoms. The maximum absolute atomic E-state index is 12.1. The van der Waals surface area contributed by atoms with Crippen LogP contribution in [-0.2, 0) is 4.79 Å². The number of rotatable bonds is 7. The Morgan fingerprint density at radius 1 is 1.35 bits per heavy atom. The van der Waals surface area contributed by atoms with Crippen LogP contribution in [0, 0.1) is 12.8 Å². The lowest BCUT2D eigenvalue weighted by molar-refractivity contribution is -0.128. The largest absolute Gasteiger partial charge is 0.481 e. The molecular formula is C16H26N2O2. The molecule has 0 spiro atoms. The number of hydrogen-bond acceptors (Lipinski definition) is 3. The van der Waals surface area contributed by atoms with E-state index in [1.165, 1.54) is 0 Å². The molecule has 0 heterocycles. The van der Waals surface area contributed by atoms with Crippen LogP contribution >= 0.6 is 0 Å². The Bertz CT molecular complexity index is 432. The van der Waals surface area contributed by atoms with Crippen LogP contribution in [0.1, 0.15) is 32.8 Å². The lowest BCUT2D eigenvalue weighted by atomic mass is 10.0. The van der Waals surface area contributed by atoms with Gasteiger partial charge < -0.3 is 15.8 Å². The fraction of sp³-hybridized carbons (Fsp3) is 0.562. The highest BCUT2D eigenvalue weighted by molar-refractivity contribution is 5.81. The van der Waals surface area contributed by atoms with Crippen molar-refractivity contribution in [2.75, 3.05) is 6.54 Å². The summed E-state index contributed by atoms with van der Waals surface area (Å²) in [4.78, 5) is 12.1. The zero-order valence-corrected chi connectivity index (χ0v) is 12.8. The molecule has 0 saturated carbocycles. The molecule has 0 saturated heterocycles. The van der Waals surface area contributed by atoms with E-state index in [1.54, 1.807) is 6.92 Å². The van der Waals surface area contributed by atoms with Gasteiger partial charge in [0.15, 0.2) is 6.10 Å². The van der Waals surface area contributed by atoms with Gasteiger partial charge in [-0.3, -0.25) is 4.79 Å². The molecule has 0 bridgehead atoms. The number of carbonyl (C=O) groups is 1. The van der Waals surface area contributed by atoms with Crippen molar-refractivity contribution in [3.8, 4) is 5.75 Å². The molecule has 2 atom stereocenters. The molecule has 0 radical (unpaired) electrons. The minimum atomic E-state index is -0.530. The number of hydrogen-bond donors (Lipinski definition) is 2. The monoisotopic (exact) mass is 278 g/mol. The first kappa shape index (κ1) is 16.5. The normalized spacial score (nSPS) is 13.9. The van der Waals surface area contributed by atoms with Gasteiger partial charge >= 0.3 is 0 Å². The van der Waals surface area contributed by atoms with E-state index < -0.39 is 6.10 Å². The number of benzene rings is 1. The van der Waals surface area contributed by atoms with Crippen LogP contribution in [-0.4, -0.2) is 24.6 Å². The fourth-order valence-corrected chi connectivity index (χ4v) is 2.05. The number of nitrogens with two attached hydrogens (primary N) is 1. The van der Waals surface area contributed by atoms with Crippen molar-refractivity contribution in [1.82, 2.24) is 5.32 Å². The number of carbonyl (C=O) groups excluding carboxylic acids is 1. The first-order valence-electron chi connectivity index (χ1n) is 7.16. The SMILES string of the molecule is Cc1cccc(OC(C)C(=O)NC(CN)CC(C)C)c1. The summed E-state index contributed by atoms with van der Waals surface area (Å²) in [5.74, 6) is 1.08. The summed E-state index contributed by atoms with van der Waals surface area (Å²) >= 11 is 0. The topological polar surface area (TPSA) is 64.3 Å². The average molecular weight is 278 g/mol. The Labute approximate surface area is 121 Å². The van der Waals surface area contributed by atoms with Crippen molar-refractivity contribution in [2.45, 2.75) is 46.3 Å². The Hall–Kier alpha value is -1.55. The summed E-state index contributed by atoms with van der Waals surface area (Å²) < 4.78 is 5.65. The van der Waals surface area contributed by atoms with Crippen molar-refractivity contribution < 1.29 is 9.53 Å². The van der Waals surface area contributed by atoms with Gasteiger partial charge in [0.2, 0.25) is 0 Å². The molecule has 20 heavy (non-hydrogen) atoms. The van der Waals surface area contributed by atoms with E-state index >= 15 is 0 Å². The van der Waals surface area contributed by atoms with Crippen molar-refractivity contribution in [3.63, 3.8) is 0 Å². The van der Waals surface area contributed by atoms with Gasteiger partial charge in [0.05, 0.1) is 0 Å². The molecule has 112 valence electrons. The molecular weight excluding hydrogens is 252 g/mol. The first-order valence-corrected chi connectivity index (χ1v) is 7.16. The Morgan fingerprint density at radius 2 is 2.05 bits per heavy atom. The zero-order chi connectivity index (χ0) is 15.1. The zero-order valence-electron chi connectivity index (χ0n) is 12.8. The molecule has 2 unspecified atom stereocenters. The molecule has 1 aromatic rings. The van der Waals surface area contributed by atoms with Gasteiger partial charge in [-0.1, -0.05) is 26.0 Å². The first-order chi connectivity index (χ1) is 9.42. The minimum Gasteiger partial charge on any atom is -0.481 e. The van der Waals surface area contributed by atoms with Crippen LogP contribution in [0.3, 0.4) is 0 Å². The summed E-state index contributed by atoms with van der Waals surface area (Å²) in [6.07, 6.45) is 0.345. The van der Waals surface area contributed by atoms with Crippen LogP contribution in [0.15, 0.2) is 24.3 Å². The summed E-state index contributed by atoms with van der Waals surface area (Å²) in [6.45, 7) is 8.41. The van der Waals surface area contributed by atoms with E-state index in [0.717, 1.165) is 12.0 Å². The number of ether oxygens (including phenoxy) is 1. The molecule has 1 rings (SSSR count). The highest BCUT2D eigenvalue weighted by Crippen LogP contribution is 2.14. The predicted octanol–water partition coefficient (Wildman–Crippen LogP) is 2.25. The summed E-state index contributed by atoms with van der Waals surface area (Å²) in [6, 6.07) is 7.68. The van der Waals surface area contributed by atoms with Gasteiger partial charge in [-0.25, -0.2) is 0 Å². The van der Waals surface area contributed by atoms with Crippen LogP contribution in [0.5, 0.6) is 5.75 Å². The Balaban J connectivity index is 2.54. The molecule has 4 nitrogen and oxygen atoms in total. The Morgan fingerprint density at radius 3 is 2.60 bits per heavy atom. The smallest absolute Gasteiger partial charge is 0.261 e. The van der Waals surface area contributed by atoms with Gasteiger partial charge in [0.25, 0.3) is 5.91 Å². The van der Waals surface area contributed by atoms with E-state index in [-0.39, 0.29) is 11.9 Å². The van der Waals surface area contributed by atoms with E-state index in [9.17, 15) is 4.79 Å². The lowest BCUT2D eigenvalue weighted by Gasteiger charge is -2.22. The Kier molecular flexibility index (Phi) is 6.52. The fourth-order valence-electron chi connectivity index (χ4n) is 2.05. The third-order valence-corrected chi connectivity index (χ3v) is 3.06. The van der Waals surface area contributed by atoms with Gasteiger partial charge in [-0.05, 0) is 43.9 Å². The van der Waals surface area contributed by atoms with Crippen LogP contribution < -0.4 is 15.8 Å². The van der Waals surface area contributed by atoms with Gasteiger partial charge in [-0.15, -0.1) is 0 Å². The highest BCUT2D eigenvalue weighted by atomic mass is 16.5. The number of aryl methyl sites for hydroxylation is 1. The van der Waals surface area contributed by atoms with E-state index in [4.69, 9.17) is 10.5 Å². The van der Waals surface area contributed by atoms with Crippen LogP contribution in [0.25, 0.3) is 0 Å². The third-order valence-electron chi connectivity index (χ3n) is 3.06. The van der Waals surface area contributed by atoms with E-state index in [0.29, 0.717) is 18.2 Å². The second-order valence-electron chi connectivity index (χ2n) is 5.65. The number of nitrogens with one attached hydrogen (secondary N) is 1. The summed E-state index contributed by atoms with van der Waals surface area (Å²) in [7, 11) is 0. The lowest BCUT2D eigenvalue weighted by Crippen LogP contribution is -2.46. The van der Waals surface area contributed by atoms with Crippen molar-refractivity contribution in [2.24, 2.45) is 11.7 Å². The van der Waals surface area contributed by atoms with Crippen molar-refractivity contribution in [1.29, 1.82) is 0 Å². The average Bonchev–Trinajstić information content (AvgIpc) is 2.37. The van der Waals surface area contributed by atoms with Crippen molar-refractivity contribution >= 4 is 5.91 Å². The minimum absolute atomic E-state index is 0.00561. The molecule has 0 aliphatic heterocycles. The van der Waals surface area contributed by atoms with Gasteiger partial charge in [0.1, 0.15) is 5.75 Å². The van der Waals surface area contributed by atoms with Crippen molar-refractivity contribution in [3.05, 3.63) is 29.8 Å². The van der Waals surface area contributed by atoms with Gasteiger partial charge in [0, 0.05) is 12.6 Å². The quantitative estimate of drug-likeness (QED) is 0.804. The van der Waals surface area contributed by atoms with E-state index in [1.807, 2.05) is 31.2 Å². The molecule has 0 aliphatic carbocycles. The number of amides is 1. The molecule has 0 aromatic heterocycles. The van der Waals surface area contributed by atoms with E-state index in [2.05, 4.69) is 19.2 Å².